The lowest BCUT2D eigenvalue weighted by Gasteiger charge is -2.40. The molecule has 1 aliphatic rings. The van der Waals surface area contributed by atoms with Crippen LogP contribution in [0.3, 0.4) is 0 Å². The van der Waals surface area contributed by atoms with E-state index in [0.717, 1.165) is 5.56 Å². The highest BCUT2D eigenvalue weighted by Crippen LogP contribution is 2.32. The summed E-state index contributed by atoms with van der Waals surface area (Å²) in [6.45, 7) is 3.79. The highest BCUT2D eigenvalue weighted by Gasteiger charge is 2.45. The van der Waals surface area contributed by atoms with E-state index >= 15 is 0 Å². The molecule has 0 unspecified atom stereocenters. The number of alkyl halides is 1. The van der Waals surface area contributed by atoms with Crippen molar-refractivity contribution in [2.45, 2.75) is 49.6 Å². The van der Waals surface area contributed by atoms with Gasteiger partial charge in [0.1, 0.15) is 24.4 Å². The Morgan fingerprint density at radius 1 is 1.24 bits per heavy atom. The van der Waals surface area contributed by atoms with Crippen molar-refractivity contribution < 1.29 is 29.5 Å². The molecule has 2 aromatic rings. The lowest BCUT2D eigenvalue weighted by atomic mass is 9.99. The third-order valence-electron chi connectivity index (χ3n) is 4.61. The van der Waals surface area contributed by atoms with Gasteiger partial charge in [0, 0.05) is 6.20 Å². The van der Waals surface area contributed by atoms with E-state index in [1.165, 1.54) is 11.8 Å². The Morgan fingerprint density at radius 3 is 2.69 bits per heavy atom. The molecule has 3 rings (SSSR count). The first-order valence-corrected chi connectivity index (χ1v) is 9.59. The van der Waals surface area contributed by atoms with Gasteiger partial charge in [-0.15, -0.1) is 23.3 Å². The fourth-order valence-electron chi connectivity index (χ4n) is 3.07. The van der Waals surface area contributed by atoms with E-state index < -0.39 is 30.7 Å². The van der Waals surface area contributed by atoms with Crippen molar-refractivity contribution in [2.24, 2.45) is 0 Å². The Bertz CT molecular complexity index is 832. The largest absolute Gasteiger partial charge is 0.493 e. The van der Waals surface area contributed by atoms with E-state index in [4.69, 9.17) is 25.8 Å². The second-order valence-corrected chi connectivity index (χ2v) is 6.94. The van der Waals surface area contributed by atoms with E-state index in [9.17, 15) is 15.3 Å². The predicted octanol–water partition coefficient (Wildman–Crippen LogP) is 0.641. The van der Waals surface area contributed by atoms with Crippen molar-refractivity contribution in [3.8, 4) is 11.5 Å². The number of hydrogen-bond acceptors (Lipinski definition) is 8. The highest BCUT2D eigenvalue weighted by atomic mass is 35.5. The zero-order valence-electron chi connectivity index (χ0n) is 15.9. The van der Waals surface area contributed by atoms with Crippen LogP contribution in [0.15, 0.2) is 37.1 Å². The Labute approximate surface area is 173 Å². The van der Waals surface area contributed by atoms with Gasteiger partial charge in [0.2, 0.25) is 6.29 Å². The third kappa shape index (κ3) is 4.88. The van der Waals surface area contributed by atoms with Crippen LogP contribution in [-0.2, 0) is 23.6 Å². The first-order valence-electron chi connectivity index (χ1n) is 9.06. The molecule has 5 atom stereocenters. The lowest BCUT2D eigenvalue weighted by Crippen LogP contribution is -2.60. The summed E-state index contributed by atoms with van der Waals surface area (Å²) in [5, 5.41) is 38.7. The summed E-state index contributed by atoms with van der Waals surface area (Å²) >= 11 is 5.72. The molecule has 1 aromatic heterocycles. The fourth-order valence-corrected chi connectivity index (χ4v) is 3.19. The Morgan fingerprint density at radius 2 is 2.03 bits per heavy atom. The van der Waals surface area contributed by atoms with Crippen molar-refractivity contribution >= 4 is 11.6 Å². The number of aliphatic hydroxyl groups excluding tert-OH is 3. The second-order valence-electron chi connectivity index (χ2n) is 6.68. The molecule has 0 bridgehead atoms. The minimum Gasteiger partial charge on any atom is -0.493 e. The topological polar surface area (TPSA) is 119 Å². The molecule has 1 saturated heterocycles. The van der Waals surface area contributed by atoms with E-state index in [0.29, 0.717) is 23.6 Å². The van der Waals surface area contributed by atoms with Crippen molar-refractivity contribution in [2.75, 3.05) is 7.11 Å². The number of benzene rings is 1. The number of ether oxygens (including phenoxy) is 3. The van der Waals surface area contributed by atoms with Gasteiger partial charge >= 0.3 is 0 Å². The molecule has 2 heterocycles. The zero-order valence-corrected chi connectivity index (χ0v) is 16.6. The first kappa shape index (κ1) is 21.5. The van der Waals surface area contributed by atoms with Gasteiger partial charge in [-0.3, -0.25) is 0 Å². The van der Waals surface area contributed by atoms with Crippen LogP contribution in [0.2, 0.25) is 0 Å². The second kappa shape index (κ2) is 9.55. The Hall–Kier alpha value is -2.17. The zero-order chi connectivity index (χ0) is 21.0. The third-order valence-corrected chi connectivity index (χ3v) is 4.88. The summed E-state index contributed by atoms with van der Waals surface area (Å²) in [5.74, 6) is 0.972. The Kier molecular flexibility index (Phi) is 7.09. The molecule has 1 aromatic carbocycles. The average Bonchev–Trinajstić information content (AvgIpc) is 3.18. The summed E-state index contributed by atoms with van der Waals surface area (Å²) in [5.41, 5.74) is 1.54. The molecule has 0 spiro atoms. The number of methoxy groups -OCH3 is 1. The maximum absolute atomic E-state index is 10.3. The summed E-state index contributed by atoms with van der Waals surface area (Å²) < 4.78 is 18.3. The molecule has 0 radical (unpaired) electrons. The van der Waals surface area contributed by atoms with Crippen LogP contribution in [0, 0.1) is 0 Å². The van der Waals surface area contributed by atoms with Gasteiger partial charge in [-0.1, -0.05) is 17.4 Å². The quantitative estimate of drug-likeness (QED) is 0.416. The molecule has 1 fully saturated rings. The van der Waals surface area contributed by atoms with Gasteiger partial charge in [-0.2, -0.15) is 0 Å². The number of halogens is 1. The maximum atomic E-state index is 10.3. The smallest absolute Gasteiger partial charge is 0.229 e. The number of aliphatic hydroxyl groups is 3. The summed E-state index contributed by atoms with van der Waals surface area (Å²) in [4.78, 5) is 0. The number of rotatable bonds is 8. The van der Waals surface area contributed by atoms with E-state index in [1.54, 1.807) is 24.4 Å². The van der Waals surface area contributed by atoms with Crippen molar-refractivity contribution in [1.29, 1.82) is 0 Å². The van der Waals surface area contributed by atoms with Gasteiger partial charge < -0.3 is 29.5 Å². The van der Waals surface area contributed by atoms with Crippen LogP contribution in [0.4, 0.5) is 0 Å². The van der Waals surface area contributed by atoms with Gasteiger partial charge in [-0.05, 0) is 24.1 Å². The van der Waals surface area contributed by atoms with Gasteiger partial charge in [0.15, 0.2) is 11.5 Å². The van der Waals surface area contributed by atoms with Crippen molar-refractivity contribution in [3.05, 3.63) is 48.3 Å². The standard InChI is InChI=1S/C19H24ClN3O6/c1-3-4-11-5-6-13(14(7-11)27-2)28-19-18(26)17(25)16(24)15(29-19)10-23-9-12(8-20)21-22-23/h3,5-7,9,15-19,24-26H,1,4,8,10H2,2H3/t15-,16-,17+,18-,19-/m1/s1. The lowest BCUT2D eigenvalue weighted by molar-refractivity contribution is -0.275. The first-order chi connectivity index (χ1) is 14.0. The minimum atomic E-state index is -1.47. The molecule has 0 saturated carbocycles. The van der Waals surface area contributed by atoms with Gasteiger partial charge in [0.05, 0.1) is 25.2 Å². The van der Waals surface area contributed by atoms with Crippen LogP contribution in [0.25, 0.3) is 0 Å². The molecule has 1 aliphatic heterocycles. The molecule has 3 N–H and O–H groups in total. The minimum absolute atomic E-state index is 0.0874. The molecule has 0 aliphatic carbocycles. The van der Waals surface area contributed by atoms with E-state index in [1.807, 2.05) is 6.07 Å². The number of nitrogens with zero attached hydrogens (tertiary/aromatic N) is 3. The normalized spacial score (nSPS) is 26.9. The summed E-state index contributed by atoms with van der Waals surface area (Å²) in [7, 11) is 1.50. The highest BCUT2D eigenvalue weighted by molar-refractivity contribution is 6.16. The number of allylic oxidation sites excluding steroid dienone is 1. The van der Waals surface area contributed by atoms with Crippen LogP contribution < -0.4 is 9.47 Å². The van der Waals surface area contributed by atoms with Crippen LogP contribution in [0.1, 0.15) is 11.3 Å². The van der Waals surface area contributed by atoms with Crippen LogP contribution >= 0.6 is 11.6 Å². The Balaban J connectivity index is 1.76. The molecule has 0 amide bonds. The maximum Gasteiger partial charge on any atom is 0.229 e. The SMILES string of the molecule is C=CCc1ccc(O[C@@H]2O[C@H](Cn3cc(CCl)nn3)[C@@H](O)[C@H](O)[C@H]2O)c(OC)c1. The monoisotopic (exact) mass is 425 g/mol. The van der Waals surface area contributed by atoms with Gasteiger partial charge in [-0.25, -0.2) is 4.68 Å². The summed E-state index contributed by atoms with van der Waals surface area (Å²) in [6, 6.07) is 5.31. The molecule has 10 heteroatoms. The molecule has 9 nitrogen and oxygen atoms in total. The molecule has 29 heavy (non-hydrogen) atoms. The molecule has 158 valence electrons. The van der Waals surface area contributed by atoms with Crippen LogP contribution in [-0.4, -0.2) is 68.1 Å². The molecular formula is C19H24ClN3O6. The average molecular weight is 426 g/mol. The van der Waals surface area contributed by atoms with Crippen molar-refractivity contribution in [1.82, 2.24) is 15.0 Å². The van der Waals surface area contributed by atoms with E-state index in [-0.39, 0.29) is 12.4 Å². The summed E-state index contributed by atoms with van der Waals surface area (Å²) in [6.07, 6.45) is -2.36. The number of aromatic nitrogens is 3. The molecular weight excluding hydrogens is 402 g/mol. The fraction of sp³-hybridized carbons (Fsp3) is 0.474. The number of hydrogen-bond donors (Lipinski definition) is 3. The predicted molar refractivity (Wildman–Crippen MR) is 104 cm³/mol. The van der Waals surface area contributed by atoms with E-state index in [2.05, 4.69) is 16.9 Å². The van der Waals surface area contributed by atoms with Crippen molar-refractivity contribution in [3.63, 3.8) is 0 Å². The van der Waals surface area contributed by atoms with Crippen LogP contribution in [0.5, 0.6) is 11.5 Å². The van der Waals surface area contributed by atoms with Gasteiger partial charge in [0.25, 0.3) is 0 Å².